The summed E-state index contributed by atoms with van der Waals surface area (Å²) in [5.74, 6) is 0.759. The summed E-state index contributed by atoms with van der Waals surface area (Å²) in [6.45, 7) is 4.00. The number of hydrogen-bond donors (Lipinski definition) is 0. The van der Waals surface area contributed by atoms with Crippen molar-refractivity contribution in [3.05, 3.63) is 54.1 Å². The van der Waals surface area contributed by atoms with Crippen LogP contribution in [0, 0.1) is 6.92 Å². The van der Waals surface area contributed by atoms with E-state index in [1.165, 1.54) is 5.56 Å². The molecule has 1 aliphatic rings. The van der Waals surface area contributed by atoms with Gasteiger partial charge in [0.2, 0.25) is 0 Å². The Labute approximate surface area is 118 Å². The lowest BCUT2D eigenvalue weighted by atomic mass is 10.1. The van der Waals surface area contributed by atoms with E-state index >= 15 is 0 Å². The van der Waals surface area contributed by atoms with Gasteiger partial charge < -0.3 is 4.74 Å². The Hall–Kier alpha value is -2.29. The third kappa shape index (κ3) is 2.05. The number of benzene rings is 2. The van der Waals surface area contributed by atoms with Gasteiger partial charge in [-0.05, 0) is 37.6 Å². The highest BCUT2D eigenvalue weighted by atomic mass is 16.5. The maximum absolute atomic E-state index is 12.6. The molecule has 0 saturated heterocycles. The SMILES string of the molecule is CCC1Oc2ccccc2N(c2ccc(C)cc2)C1=O. The molecule has 0 saturated carbocycles. The van der Waals surface area contributed by atoms with Crippen molar-refractivity contribution in [3.63, 3.8) is 0 Å². The van der Waals surface area contributed by atoms with Crippen LogP contribution in [0.1, 0.15) is 18.9 Å². The molecule has 2 aromatic carbocycles. The number of rotatable bonds is 2. The Morgan fingerprint density at radius 3 is 2.50 bits per heavy atom. The molecule has 1 amide bonds. The number of hydrogen-bond acceptors (Lipinski definition) is 2. The number of amides is 1. The van der Waals surface area contributed by atoms with E-state index in [0.717, 1.165) is 17.1 Å². The zero-order chi connectivity index (χ0) is 14.1. The zero-order valence-corrected chi connectivity index (χ0v) is 11.7. The summed E-state index contributed by atoms with van der Waals surface area (Å²) in [6.07, 6.45) is 0.251. The van der Waals surface area contributed by atoms with Crippen LogP contribution in [-0.2, 0) is 4.79 Å². The van der Waals surface area contributed by atoms with Crippen molar-refractivity contribution in [2.75, 3.05) is 4.90 Å². The predicted molar refractivity (Wildman–Crippen MR) is 79.5 cm³/mol. The highest BCUT2D eigenvalue weighted by Gasteiger charge is 2.33. The number of ether oxygens (including phenoxy) is 1. The summed E-state index contributed by atoms with van der Waals surface area (Å²) in [6, 6.07) is 15.6. The third-order valence-electron chi connectivity index (χ3n) is 3.53. The highest BCUT2D eigenvalue weighted by Crippen LogP contribution is 2.39. The largest absolute Gasteiger partial charge is 0.478 e. The predicted octanol–water partition coefficient (Wildman–Crippen LogP) is 3.83. The molecule has 0 spiro atoms. The first kappa shape index (κ1) is 12.7. The van der Waals surface area contributed by atoms with Gasteiger partial charge in [0.25, 0.3) is 5.91 Å². The minimum absolute atomic E-state index is 0.00458. The fourth-order valence-corrected chi connectivity index (χ4v) is 2.43. The molecule has 3 heteroatoms. The number of aryl methyl sites for hydroxylation is 1. The van der Waals surface area contributed by atoms with Crippen LogP contribution in [0.15, 0.2) is 48.5 Å². The van der Waals surface area contributed by atoms with Gasteiger partial charge in [0.15, 0.2) is 6.10 Å². The summed E-state index contributed by atoms with van der Waals surface area (Å²) >= 11 is 0. The van der Waals surface area contributed by atoms with Crippen LogP contribution in [0.25, 0.3) is 0 Å². The van der Waals surface area contributed by atoms with Crippen LogP contribution in [-0.4, -0.2) is 12.0 Å². The van der Waals surface area contributed by atoms with E-state index in [-0.39, 0.29) is 5.91 Å². The molecule has 0 aliphatic carbocycles. The monoisotopic (exact) mass is 267 g/mol. The smallest absolute Gasteiger partial charge is 0.272 e. The topological polar surface area (TPSA) is 29.5 Å². The van der Waals surface area contributed by atoms with E-state index in [9.17, 15) is 4.79 Å². The van der Waals surface area contributed by atoms with Crippen molar-refractivity contribution >= 4 is 17.3 Å². The van der Waals surface area contributed by atoms with Crippen molar-refractivity contribution in [2.24, 2.45) is 0 Å². The van der Waals surface area contributed by atoms with Crippen molar-refractivity contribution in [1.82, 2.24) is 0 Å². The van der Waals surface area contributed by atoms with Crippen LogP contribution >= 0.6 is 0 Å². The Balaban J connectivity index is 2.11. The van der Waals surface area contributed by atoms with Crippen LogP contribution < -0.4 is 9.64 Å². The Kier molecular flexibility index (Phi) is 3.18. The summed E-state index contributed by atoms with van der Waals surface area (Å²) in [5.41, 5.74) is 2.87. The first-order valence-corrected chi connectivity index (χ1v) is 6.87. The van der Waals surface area contributed by atoms with E-state index < -0.39 is 6.10 Å². The second-order valence-electron chi connectivity index (χ2n) is 4.99. The Bertz CT molecular complexity index is 634. The molecule has 3 rings (SSSR count). The number of carbonyl (C=O) groups is 1. The Morgan fingerprint density at radius 1 is 1.10 bits per heavy atom. The molecule has 0 bridgehead atoms. The molecule has 1 aliphatic heterocycles. The van der Waals surface area contributed by atoms with Crippen molar-refractivity contribution < 1.29 is 9.53 Å². The van der Waals surface area contributed by atoms with Crippen LogP contribution in [0.4, 0.5) is 11.4 Å². The molecule has 0 N–H and O–H groups in total. The molecule has 0 radical (unpaired) electrons. The maximum atomic E-state index is 12.6. The lowest BCUT2D eigenvalue weighted by Gasteiger charge is -2.34. The van der Waals surface area contributed by atoms with Gasteiger partial charge in [-0.3, -0.25) is 9.69 Å². The molecule has 1 unspecified atom stereocenters. The summed E-state index contributed by atoms with van der Waals surface area (Å²) in [5, 5.41) is 0. The van der Waals surface area contributed by atoms with E-state index in [4.69, 9.17) is 4.74 Å². The zero-order valence-electron chi connectivity index (χ0n) is 11.7. The molecular formula is C17H17NO2. The lowest BCUT2D eigenvalue weighted by molar-refractivity contribution is -0.125. The summed E-state index contributed by atoms with van der Waals surface area (Å²) < 4.78 is 5.78. The average molecular weight is 267 g/mol. The maximum Gasteiger partial charge on any atom is 0.272 e. The van der Waals surface area contributed by atoms with Gasteiger partial charge in [-0.25, -0.2) is 0 Å². The molecule has 102 valence electrons. The highest BCUT2D eigenvalue weighted by molar-refractivity contribution is 6.06. The molecule has 0 fully saturated rings. The number of nitrogens with zero attached hydrogens (tertiary/aromatic N) is 1. The molecular weight excluding hydrogens is 250 g/mol. The first-order valence-electron chi connectivity index (χ1n) is 6.87. The van der Waals surface area contributed by atoms with Crippen molar-refractivity contribution in [2.45, 2.75) is 26.4 Å². The fraction of sp³-hybridized carbons (Fsp3) is 0.235. The summed E-state index contributed by atoms with van der Waals surface area (Å²) in [7, 11) is 0. The fourth-order valence-electron chi connectivity index (χ4n) is 2.43. The summed E-state index contributed by atoms with van der Waals surface area (Å²) in [4.78, 5) is 14.4. The van der Waals surface area contributed by atoms with Gasteiger partial charge >= 0.3 is 0 Å². The standard InChI is InChI=1S/C17H17NO2/c1-3-15-17(19)18(13-10-8-12(2)9-11-13)14-6-4-5-7-16(14)20-15/h4-11,15H,3H2,1-2H3. The molecule has 2 aromatic rings. The molecule has 20 heavy (non-hydrogen) atoms. The van der Waals surface area contributed by atoms with Crippen molar-refractivity contribution in [3.8, 4) is 5.75 Å². The van der Waals surface area contributed by atoms with E-state index in [1.807, 2.05) is 62.4 Å². The second-order valence-corrected chi connectivity index (χ2v) is 4.99. The van der Waals surface area contributed by atoms with Crippen LogP contribution in [0.5, 0.6) is 5.75 Å². The molecule has 1 atom stereocenters. The van der Waals surface area contributed by atoms with Gasteiger partial charge in [0.1, 0.15) is 5.75 Å². The molecule has 3 nitrogen and oxygen atoms in total. The van der Waals surface area contributed by atoms with Gasteiger partial charge in [-0.1, -0.05) is 36.8 Å². The molecule has 1 heterocycles. The number of fused-ring (bicyclic) bond motifs is 1. The average Bonchev–Trinajstić information content (AvgIpc) is 2.48. The van der Waals surface area contributed by atoms with Gasteiger partial charge in [-0.2, -0.15) is 0 Å². The second kappa shape index (κ2) is 5.00. The number of anilines is 2. The quantitative estimate of drug-likeness (QED) is 0.827. The minimum Gasteiger partial charge on any atom is -0.478 e. The lowest BCUT2D eigenvalue weighted by Crippen LogP contribution is -2.42. The minimum atomic E-state index is -0.411. The van der Waals surface area contributed by atoms with Crippen LogP contribution in [0.3, 0.4) is 0 Å². The number of carbonyl (C=O) groups excluding carboxylic acids is 1. The van der Waals surface area contributed by atoms with E-state index in [1.54, 1.807) is 4.90 Å². The van der Waals surface area contributed by atoms with Gasteiger partial charge in [0, 0.05) is 5.69 Å². The number of para-hydroxylation sites is 2. The first-order chi connectivity index (χ1) is 9.70. The van der Waals surface area contributed by atoms with Gasteiger partial charge in [0.05, 0.1) is 5.69 Å². The normalized spacial score (nSPS) is 17.6. The van der Waals surface area contributed by atoms with Crippen LogP contribution in [0.2, 0.25) is 0 Å². The third-order valence-corrected chi connectivity index (χ3v) is 3.53. The van der Waals surface area contributed by atoms with Gasteiger partial charge in [-0.15, -0.1) is 0 Å². The van der Waals surface area contributed by atoms with E-state index in [2.05, 4.69) is 0 Å². The van der Waals surface area contributed by atoms with Crippen molar-refractivity contribution in [1.29, 1.82) is 0 Å². The Morgan fingerprint density at radius 2 is 1.80 bits per heavy atom. The molecule has 0 aromatic heterocycles. The van der Waals surface area contributed by atoms with E-state index in [0.29, 0.717) is 6.42 Å².